The van der Waals surface area contributed by atoms with E-state index >= 15 is 0 Å². The number of benzene rings is 4. The summed E-state index contributed by atoms with van der Waals surface area (Å²) in [6.07, 6.45) is 6.51. The molecule has 0 fully saturated rings. The van der Waals surface area contributed by atoms with E-state index in [0.29, 0.717) is 19.6 Å². The quantitative estimate of drug-likeness (QED) is 0.109. The Bertz CT molecular complexity index is 1450. The molecule has 216 valence electrons. The van der Waals surface area contributed by atoms with Gasteiger partial charge >= 0.3 is 11.9 Å². The average Bonchev–Trinajstić information content (AvgIpc) is 3.01. The molecule has 0 aliphatic rings. The van der Waals surface area contributed by atoms with Gasteiger partial charge in [-0.1, -0.05) is 97.1 Å². The van der Waals surface area contributed by atoms with Gasteiger partial charge in [0.2, 0.25) is 0 Å². The van der Waals surface area contributed by atoms with Crippen LogP contribution >= 0.6 is 0 Å². The normalized spacial score (nSPS) is 11.2. The number of unbranched alkanes of at least 4 members (excludes halogenated alkanes) is 1. The van der Waals surface area contributed by atoms with Gasteiger partial charge in [-0.05, 0) is 71.8 Å². The first-order chi connectivity index (χ1) is 20.5. The van der Waals surface area contributed by atoms with Crippen molar-refractivity contribution in [1.29, 1.82) is 0 Å². The molecule has 0 aliphatic carbocycles. The molecule has 0 saturated heterocycles. The third kappa shape index (κ3) is 10.1. The van der Waals surface area contributed by atoms with Gasteiger partial charge in [0.05, 0.1) is 5.56 Å². The second-order valence-corrected chi connectivity index (χ2v) is 10.3. The van der Waals surface area contributed by atoms with E-state index in [-0.39, 0.29) is 12.0 Å². The zero-order valence-electron chi connectivity index (χ0n) is 23.7. The second-order valence-electron chi connectivity index (χ2n) is 10.3. The summed E-state index contributed by atoms with van der Waals surface area (Å²) in [5.74, 6) is -0.878. The highest BCUT2D eigenvalue weighted by Gasteiger charge is 2.11. The summed E-state index contributed by atoms with van der Waals surface area (Å²) in [4.78, 5) is 24.5. The van der Waals surface area contributed by atoms with Crippen LogP contribution in [-0.4, -0.2) is 40.1 Å². The summed E-state index contributed by atoms with van der Waals surface area (Å²) in [6.45, 7) is 2.63. The summed E-state index contributed by atoms with van der Waals surface area (Å²) < 4.78 is 6.25. The van der Waals surface area contributed by atoms with Crippen LogP contribution in [0.25, 0.3) is 12.2 Å². The van der Waals surface area contributed by atoms with Crippen LogP contribution in [0.3, 0.4) is 0 Å². The molecule has 0 aliphatic heterocycles. The fourth-order valence-corrected chi connectivity index (χ4v) is 4.66. The predicted molar refractivity (Wildman–Crippen MR) is 166 cm³/mol. The van der Waals surface area contributed by atoms with Gasteiger partial charge < -0.3 is 14.9 Å². The van der Waals surface area contributed by atoms with Gasteiger partial charge in [0, 0.05) is 19.5 Å². The van der Waals surface area contributed by atoms with Crippen molar-refractivity contribution in [3.8, 4) is 5.75 Å². The molecule has 0 amide bonds. The number of ether oxygens (including phenoxy) is 1. The number of carboxylic acids is 2. The standard InChI is InChI=1S/C36H37NO5/c38-35(39)12-6-7-24-37(26-30-19-21-33(22-20-30)36(40)41)25-23-32-10-4-5-11-34(32)42-27-31-17-15-29(16-18-31)14-13-28-8-2-1-3-9-28/h1-5,8-11,13-22H,6-7,12,23-27H2,(H,38,39)(H,40,41). The highest BCUT2D eigenvalue weighted by Crippen LogP contribution is 2.21. The van der Waals surface area contributed by atoms with Gasteiger partial charge in [-0.2, -0.15) is 0 Å². The van der Waals surface area contributed by atoms with E-state index in [2.05, 4.69) is 59.5 Å². The topological polar surface area (TPSA) is 87.1 Å². The van der Waals surface area contributed by atoms with Crippen LogP contribution < -0.4 is 4.74 Å². The number of aromatic carboxylic acids is 1. The Morgan fingerprint density at radius 2 is 1.33 bits per heavy atom. The van der Waals surface area contributed by atoms with Crippen molar-refractivity contribution in [3.63, 3.8) is 0 Å². The number of hydrogen-bond donors (Lipinski definition) is 2. The predicted octanol–water partition coefficient (Wildman–Crippen LogP) is 7.43. The Morgan fingerprint density at radius 1 is 0.690 bits per heavy atom. The van der Waals surface area contributed by atoms with Crippen molar-refractivity contribution in [2.75, 3.05) is 13.1 Å². The Labute approximate surface area is 247 Å². The molecule has 0 spiro atoms. The molecule has 0 bridgehead atoms. The molecule has 0 aromatic heterocycles. The zero-order valence-corrected chi connectivity index (χ0v) is 23.7. The molecule has 0 radical (unpaired) electrons. The maximum absolute atomic E-state index is 11.2. The largest absolute Gasteiger partial charge is 0.489 e. The fraction of sp³-hybridized carbons (Fsp3) is 0.222. The lowest BCUT2D eigenvalue weighted by Crippen LogP contribution is -2.27. The minimum Gasteiger partial charge on any atom is -0.489 e. The summed E-state index contributed by atoms with van der Waals surface area (Å²) in [6, 6.07) is 33.6. The van der Waals surface area contributed by atoms with Crippen LogP contribution in [0.5, 0.6) is 5.75 Å². The molecule has 42 heavy (non-hydrogen) atoms. The summed E-state index contributed by atoms with van der Waals surface area (Å²) in [5, 5.41) is 18.2. The summed E-state index contributed by atoms with van der Waals surface area (Å²) >= 11 is 0. The van der Waals surface area contributed by atoms with Gasteiger partial charge in [0.1, 0.15) is 12.4 Å². The average molecular weight is 564 g/mol. The van der Waals surface area contributed by atoms with Gasteiger partial charge in [0.15, 0.2) is 0 Å². The first-order valence-electron chi connectivity index (χ1n) is 14.3. The van der Waals surface area contributed by atoms with E-state index in [9.17, 15) is 14.7 Å². The minimum absolute atomic E-state index is 0.155. The van der Waals surface area contributed by atoms with Crippen molar-refractivity contribution in [2.45, 2.75) is 38.8 Å². The van der Waals surface area contributed by atoms with Gasteiger partial charge in [-0.25, -0.2) is 4.79 Å². The van der Waals surface area contributed by atoms with Crippen LogP contribution in [0.1, 0.15) is 57.4 Å². The van der Waals surface area contributed by atoms with Crippen LogP contribution in [0.4, 0.5) is 0 Å². The number of carboxylic acid groups (broad SMARTS) is 2. The highest BCUT2D eigenvalue weighted by molar-refractivity contribution is 5.87. The first kappa shape index (κ1) is 30.3. The summed E-state index contributed by atoms with van der Waals surface area (Å²) in [5.41, 5.74) is 5.77. The van der Waals surface area contributed by atoms with E-state index in [1.54, 1.807) is 12.1 Å². The monoisotopic (exact) mass is 563 g/mol. The van der Waals surface area contributed by atoms with E-state index in [1.165, 1.54) is 0 Å². The number of hydrogen-bond acceptors (Lipinski definition) is 4. The smallest absolute Gasteiger partial charge is 0.335 e. The lowest BCUT2D eigenvalue weighted by Gasteiger charge is -2.23. The molecule has 2 N–H and O–H groups in total. The highest BCUT2D eigenvalue weighted by atomic mass is 16.5. The van der Waals surface area contributed by atoms with Crippen molar-refractivity contribution < 1.29 is 24.5 Å². The fourth-order valence-electron chi connectivity index (χ4n) is 4.66. The maximum atomic E-state index is 11.2. The molecule has 0 unspecified atom stereocenters. The Hall–Kier alpha value is -4.68. The van der Waals surface area contributed by atoms with Gasteiger partial charge in [-0.15, -0.1) is 0 Å². The number of nitrogens with zero attached hydrogens (tertiary/aromatic N) is 1. The molecule has 0 saturated carbocycles. The Kier molecular flexibility index (Phi) is 11.5. The maximum Gasteiger partial charge on any atom is 0.335 e. The molecular weight excluding hydrogens is 526 g/mol. The number of aliphatic carboxylic acids is 1. The zero-order chi connectivity index (χ0) is 29.6. The molecule has 6 heteroatoms. The minimum atomic E-state index is -0.945. The molecule has 0 heterocycles. The number of carbonyl (C=O) groups is 2. The van der Waals surface area contributed by atoms with Crippen LogP contribution in [0.15, 0.2) is 103 Å². The third-order valence-corrected chi connectivity index (χ3v) is 7.03. The van der Waals surface area contributed by atoms with Gasteiger partial charge in [0.25, 0.3) is 0 Å². The van der Waals surface area contributed by atoms with E-state index in [4.69, 9.17) is 9.84 Å². The van der Waals surface area contributed by atoms with E-state index in [1.807, 2.05) is 48.5 Å². The Morgan fingerprint density at radius 3 is 2.02 bits per heavy atom. The summed E-state index contributed by atoms with van der Waals surface area (Å²) in [7, 11) is 0. The van der Waals surface area contributed by atoms with E-state index in [0.717, 1.165) is 59.5 Å². The molecule has 0 atom stereocenters. The molecular formula is C36H37NO5. The van der Waals surface area contributed by atoms with Crippen molar-refractivity contribution in [1.82, 2.24) is 4.90 Å². The van der Waals surface area contributed by atoms with Crippen molar-refractivity contribution in [3.05, 3.63) is 137 Å². The second kappa shape index (κ2) is 15.9. The van der Waals surface area contributed by atoms with Crippen LogP contribution in [0.2, 0.25) is 0 Å². The number of para-hydroxylation sites is 1. The molecule has 4 aromatic carbocycles. The lowest BCUT2D eigenvalue weighted by atomic mass is 10.1. The third-order valence-electron chi connectivity index (χ3n) is 7.03. The first-order valence-corrected chi connectivity index (χ1v) is 14.3. The van der Waals surface area contributed by atoms with Gasteiger partial charge in [-0.3, -0.25) is 9.69 Å². The van der Waals surface area contributed by atoms with Crippen LogP contribution in [0, 0.1) is 0 Å². The van der Waals surface area contributed by atoms with Crippen molar-refractivity contribution >= 4 is 24.1 Å². The Balaban J connectivity index is 1.35. The molecule has 6 nitrogen and oxygen atoms in total. The van der Waals surface area contributed by atoms with Crippen molar-refractivity contribution in [2.24, 2.45) is 0 Å². The molecule has 4 rings (SSSR count). The number of rotatable bonds is 16. The SMILES string of the molecule is O=C(O)CCCCN(CCc1ccccc1OCc1ccc(C=Cc2ccccc2)cc1)Cc1ccc(C(=O)O)cc1. The lowest BCUT2D eigenvalue weighted by molar-refractivity contribution is -0.137. The molecule has 4 aromatic rings. The van der Waals surface area contributed by atoms with Crippen LogP contribution in [-0.2, 0) is 24.4 Å². The van der Waals surface area contributed by atoms with E-state index < -0.39 is 11.9 Å².